The third-order valence-electron chi connectivity index (χ3n) is 3.41. The summed E-state index contributed by atoms with van der Waals surface area (Å²) in [5.74, 6) is -1.57. The summed E-state index contributed by atoms with van der Waals surface area (Å²) in [5.41, 5.74) is -0.638. The Morgan fingerprint density at radius 3 is 2.72 bits per heavy atom. The molecule has 7 nitrogen and oxygen atoms in total. The van der Waals surface area contributed by atoms with Crippen LogP contribution in [0, 0.1) is 5.82 Å². The first-order valence-corrected chi connectivity index (χ1v) is 9.07. The van der Waals surface area contributed by atoms with Crippen LogP contribution < -0.4 is 10.6 Å². The molecule has 29 heavy (non-hydrogen) atoms. The maximum atomic E-state index is 13.2. The van der Waals surface area contributed by atoms with E-state index in [2.05, 4.69) is 25.7 Å². The van der Waals surface area contributed by atoms with Gasteiger partial charge in [-0.25, -0.2) is 14.4 Å². The van der Waals surface area contributed by atoms with Gasteiger partial charge in [0.25, 0.3) is 5.91 Å². The number of H-pyrrole nitrogens is 1. The number of nitrogens with one attached hydrogen (secondary N) is 3. The lowest BCUT2D eigenvalue weighted by Crippen LogP contribution is -2.36. The van der Waals surface area contributed by atoms with Gasteiger partial charge in [0.15, 0.2) is 10.8 Å². The van der Waals surface area contributed by atoms with E-state index < -0.39 is 23.6 Å². The number of carbonyl (C=O) groups excluding carboxylic acids is 1. The van der Waals surface area contributed by atoms with E-state index in [1.54, 1.807) is 5.38 Å². The average molecular weight is 447 g/mol. The van der Waals surface area contributed by atoms with Crippen LogP contribution in [-0.4, -0.2) is 27.0 Å². The van der Waals surface area contributed by atoms with Gasteiger partial charge in [-0.15, -0.1) is 11.3 Å². The topological polar surface area (TPSA) is 95.1 Å². The van der Waals surface area contributed by atoms with E-state index in [0.717, 1.165) is 23.5 Å². The van der Waals surface area contributed by atoms with Crippen LogP contribution in [0.1, 0.15) is 21.1 Å². The summed E-state index contributed by atoms with van der Waals surface area (Å²) < 4.78 is 51.4. The van der Waals surface area contributed by atoms with Crippen LogP contribution in [0.25, 0.3) is 0 Å². The van der Waals surface area contributed by atoms with Gasteiger partial charge in [0.1, 0.15) is 11.5 Å². The van der Waals surface area contributed by atoms with Crippen molar-refractivity contribution in [3.63, 3.8) is 0 Å². The molecule has 0 unspecified atom stereocenters. The van der Waals surface area contributed by atoms with E-state index in [1.165, 1.54) is 18.3 Å². The lowest BCUT2D eigenvalue weighted by Gasteiger charge is -2.09. The van der Waals surface area contributed by atoms with Gasteiger partial charge in [0.05, 0.1) is 6.54 Å². The molecular formula is C16H11ClF4N6OS. The summed E-state index contributed by atoms with van der Waals surface area (Å²) in [5, 5.41) is 12.1. The summed E-state index contributed by atoms with van der Waals surface area (Å²) in [6, 6.07) is 4.39. The number of nitrogens with zero attached hydrogens (tertiary/aromatic N) is 3. The molecule has 0 aliphatic carbocycles. The molecule has 0 fully saturated rings. The summed E-state index contributed by atoms with van der Waals surface area (Å²) >= 11 is 7.01. The van der Waals surface area contributed by atoms with Gasteiger partial charge in [-0.2, -0.15) is 18.3 Å². The SMILES string of the molecule is O=C(NC(=NCc1ccc(F)cc1Cl)Nc1cc(C(F)(F)F)[nH]n1)c1nccs1. The Labute approximate surface area is 169 Å². The normalized spacial score (nSPS) is 12.1. The fourth-order valence-electron chi connectivity index (χ4n) is 2.07. The number of hydrogen-bond acceptors (Lipinski definition) is 5. The van der Waals surface area contributed by atoms with Crippen LogP contribution in [0.3, 0.4) is 0 Å². The minimum atomic E-state index is -4.62. The summed E-state index contributed by atoms with van der Waals surface area (Å²) in [6.07, 6.45) is -3.19. The molecule has 152 valence electrons. The van der Waals surface area contributed by atoms with Crippen molar-refractivity contribution in [3.8, 4) is 0 Å². The Morgan fingerprint density at radius 2 is 2.10 bits per heavy atom. The first kappa shape index (κ1) is 20.7. The Bertz CT molecular complexity index is 1030. The Balaban J connectivity index is 1.82. The fraction of sp³-hybridized carbons (Fsp3) is 0.125. The number of halogens is 5. The number of thiazole rings is 1. The zero-order valence-corrected chi connectivity index (χ0v) is 15.8. The second kappa shape index (κ2) is 8.57. The second-order valence-electron chi connectivity index (χ2n) is 5.48. The third kappa shape index (κ3) is 5.51. The smallest absolute Gasteiger partial charge is 0.309 e. The van der Waals surface area contributed by atoms with Crippen molar-refractivity contribution in [1.29, 1.82) is 0 Å². The van der Waals surface area contributed by atoms with Crippen molar-refractivity contribution in [2.75, 3.05) is 5.32 Å². The molecule has 0 atom stereocenters. The molecule has 0 aliphatic heterocycles. The molecule has 1 amide bonds. The number of guanidine groups is 1. The first-order chi connectivity index (χ1) is 13.7. The number of aromatic nitrogens is 3. The summed E-state index contributed by atoms with van der Waals surface area (Å²) in [4.78, 5) is 20.2. The standard InChI is InChI=1S/C16H11ClF4N6OS/c17-10-5-9(18)2-1-8(10)7-23-15(25-13(28)14-22-3-4-29-14)24-12-6-11(26-27-12)16(19,20)21/h1-6H,7H2,(H3,23,24,25,26,27,28). The largest absolute Gasteiger partial charge is 0.432 e. The van der Waals surface area contributed by atoms with Gasteiger partial charge >= 0.3 is 6.18 Å². The van der Waals surface area contributed by atoms with Gasteiger partial charge in [0, 0.05) is 22.7 Å². The minimum Gasteiger partial charge on any atom is -0.309 e. The fourth-order valence-corrected chi connectivity index (χ4v) is 2.83. The number of hydrogen-bond donors (Lipinski definition) is 3. The van der Waals surface area contributed by atoms with E-state index in [0.29, 0.717) is 5.56 Å². The van der Waals surface area contributed by atoms with Crippen LogP contribution in [0.15, 0.2) is 40.8 Å². The molecule has 0 radical (unpaired) electrons. The number of aromatic amines is 1. The predicted molar refractivity (Wildman–Crippen MR) is 99.3 cm³/mol. The lowest BCUT2D eigenvalue weighted by molar-refractivity contribution is -0.141. The van der Waals surface area contributed by atoms with E-state index in [9.17, 15) is 22.4 Å². The molecule has 3 N–H and O–H groups in total. The highest BCUT2D eigenvalue weighted by Gasteiger charge is 2.33. The maximum absolute atomic E-state index is 13.2. The molecule has 3 rings (SSSR count). The van der Waals surface area contributed by atoms with Gasteiger partial charge in [-0.05, 0) is 17.7 Å². The number of rotatable bonds is 4. The lowest BCUT2D eigenvalue weighted by atomic mass is 10.2. The molecular weight excluding hydrogens is 436 g/mol. The third-order valence-corrected chi connectivity index (χ3v) is 4.53. The van der Waals surface area contributed by atoms with E-state index >= 15 is 0 Å². The van der Waals surface area contributed by atoms with Crippen molar-refractivity contribution in [3.05, 3.63) is 62.9 Å². The zero-order chi connectivity index (χ0) is 21.0. The predicted octanol–water partition coefficient (Wildman–Crippen LogP) is 4.08. The number of amides is 1. The van der Waals surface area contributed by atoms with Crippen LogP contribution in [0.2, 0.25) is 5.02 Å². The van der Waals surface area contributed by atoms with Crippen LogP contribution in [-0.2, 0) is 12.7 Å². The maximum Gasteiger partial charge on any atom is 0.432 e. The molecule has 0 aliphatic rings. The molecule has 0 saturated carbocycles. The molecule has 3 aromatic rings. The Hall–Kier alpha value is -2.99. The van der Waals surface area contributed by atoms with E-state index in [4.69, 9.17) is 11.6 Å². The highest BCUT2D eigenvalue weighted by Crippen LogP contribution is 2.28. The monoisotopic (exact) mass is 446 g/mol. The molecule has 13 heteroatoms. The van der Waals surface area contributed by atoms with Gasteiger partial charge < -0.3 is 5.32 Å². The molecule has 2 aromatic heterocycles. The average Bonchev–Trinajstić information content (AvgIpc) is 3.32. The number of aliphatic imine (C=N–C) groups is 1. The second-order valence-corrected chi connectivity index (χ2v) is 6.78. The number of anilines is 1. The molecule has 2 heterocycles. The van der Waals surface area contributed by atoms with Gasteiger partial charge in [-0.1, -0.05) is 17.7 Å². The zero-order valence-electron chi connectivity index (χ0n) is 14.2. The van der Waals surface area contributed by atoms with E-state index in [1.807, 2.05) is 5.10 Å². The van der Waals surface area contributed by atoms with Gasteiger partial charge in [0.2, 0.25) is 5.96 Å². The molecule has 0 spiro atoms. The van der Waals surface area contributed by atoms with Crippen molar-refractivity contribution in [2.24, 2.45) is 4.99 Å². The number of benzene rings is 1. The van der Waals surface area contributed by atoms with Crippen LogP contribution in [0.5, 0.6) is 0 Å². The summed E-state index contributed by atoms with van der Waals surface area (Å²) in [7, 11) is 0. The van der Waals surface area contributed by atoms with Crippen LogP contribution in [0.4, 0.5) is 23.4 Å². The Kier molecular flexibility index (Phi) is 6.13. The van der Waals surface area contributed by atoms with Crippen molar-refractivity contribution >= 4 is 40.6 Å². The Morgan fingerprint density at radius 1 is 1.31 bits per heavy atom. The highest BCUT2D eigenvalue weighted by molar-refractivity contribution is 7.11. The molecule has 0 saturated heterocycles. The van der Waals surface area contributed by atoms with Crippen molar-refractivity contribution in [1.82, 2.24) is 20.5 Å². The minimum absolute atomic E-state index is 0.0872. The summed E-state index contributed by atoms with van der Waals surface area (Å²) in [6.45, 7) is -0.0872. The van der Waals surface area contributed by atoms with Crippen molar-refractivity contribution in [2.45, 2.75) is 12.7 Å². The van der Waals surface area contributed by atoms with Crippen LogP contribution >= 0.6 is 22.9 Å². The first-order valence-electron chi connectivity index (χ1n) is 7.81. The number of alkyl halides is 3. The molecule has 1 aromatic carbocycles. The number of carbonyl (C=O) groups is 1. The quantitative estimate of drug-likeness (QED) is 0.320. The van der Waals surface area contributed by atoms with E-state index in [-0.39, 0.29) is 28.4 Å². The van der Waals surface area contributed by atoms with Gasteiger partial charge in [-0.3, -0.25) is 15.2 Å². The molecule has 0 bridgehead atoms. The van der Waals surface area contributed by atoms with Crippen molar-refractivity contribution < 1.29 is 22.4 Å². The highest BCUT2D eigenvalue weighted by atomic mass is 35.5.